The van der Waals surface area contributed by atoms with Gasteiger partial charge in [-0.25, -0.2) is 9.97 Å². The minimum Gasteiger partial charge on any atom is -0.388 e. The minimum absolute atomic E-state index is 0.105. The van der Waals surface area contributed by atoms with Crippen molar-refractivity contribution in [3.8, 4) is 0 Å². The fraction of sp³-hybridized carbons (Fsp3) is 0.750. The molecule has 21 heavy (non-hydrogen) atoms. The van der Waals surface area contributed by atoms with Crippen molar-refractivity contribution >= 4 is 11.6 Å². The van der Waals surface area contributed by atoms with E-state index in [-0.39, 0.29) is 5.41 Å². The summed E-state index contributed by atoms with van der Waals surface area (Å²) in [6.45, 7) is 9.74. The number of nitrogens with one attached hydrogen (secondary N) is 2. The lowest BCUT2D eigenvalue weighted by atomic mass is 9.96. The highest BCUT2D eigenvalue weighted by molar-refractivity contribution is 5.48. The van der Waals surface area contributed by atoms with Gasteiger partial charge in [-0.1, -0.05) is 33.6 Å². The van der Waals surface area contributed by atoms with Gasteiger partial charge in [0.15, 0.2) is 0 Å². The molecular weight excluding hydrogens is 264 g/mol. The molecule has 1 aliphatic rings. The first-order valence-corrected chi connectivity index (χ1v) is 7.92. The van der Waals surface area contributed by atoms with Gasteiger partial charge in [0.1, 0.15) is 17.5 Å². The molecule has 1 heterocycles. The molecule has 118 valence electrons. The van der Waals surface area contributed by atoms with Gasteiger partial charge in [0.2, 0.25) is 0 Å². The largest absolute Gasteiger partial charge is 0.388 e. The third-order valence-corrected chi connectivity index (χ3v) is 3.89. The van der Waals surface area contributed by atoms with Crippen molar-refractivity contribution in [2.45, 2.75) is 64.4 Å². The molecule has 0 bridgehead atoms. The van der Waals surface area contributed by atoms with Gasteiger partial charge in [0, 0.05) is 24.6 Å². The molecule has 0 saturated heterocycles. The predicted octanol–water partition coefficient (Wildman–Crippen LogP) is 2.92. The molecule has 0 aliphatic heterocycles. The van der Waals surface area contributed by atoms with Crippen molar-refractivity contribution in [3.63, 3.8) is 0 Å². The molecule has 5 nitrogen and oxygen atoms in total. The Balaban J connectivity index is 2.15. The summed E-state index contributed by atoms with van der Waals surface area (Å²) < 4.78 is 0. The van der Waals surface area contributed by atoms with Crippen LogP contribution >= 0.6 is 0 Å². The highest BCUT2D eigenvalue weighted by Crippen LogP contribution is 2.30. The average molecular weight is 292 g/mol. The zero-order valence-corrected chi connectivity index (χ0v) is 13.7. The predicted molar refractivity (Wildman–Crippen MR) is 86.8 cm³/mol. The van der Waals surface area contributed by atoms with Gasteiger partial charge in [-0.2, -0.15) is 0 Å². The molecule has 0 radical (unpaired) electrons. The molecule has 0 spiro atoms. The first-order chi connectivity index (χ1) is 9.82. The Morgan fingerprint density at radius 1 is 1.14 bits per heavy atom. The second kappa shape index (κ2) is 6.18. The Morgan fingerprint density at radius 2 is 1.71 bits per heavy atom. The van der Waals surface area contributed by atoms with Gasteiger partial charge in [0.05, 0.1) is 5.60 Å². The second-order valence-corrected chi connectivity index (χ2v) is 7.03. The molecule has 1 aromatic heterocycles. The highest BCUT2D eigenvalue weighted by Gasteiger charge is 2.31. The van der Waals surface area contributed by atoms with Gasteiger partial charge >= 0.3 is 0 Å². The number of nitrogens with zero attached hydrogens (tertiary/aromatic N) is 2. The van der Waals surface area contributed by atoms with Gasteiger partial charge in [0.25, 0.3) is 0 Å². The number of anilines is 2. The van der Waals surface area contributed by atoms with Crippen LogP contribution in [0.3, 0.4) is 0 Å². The van der Waals surface area contributed by atoms with Crippen LogP contribution in [0.1, 0.15) is 59.2 Å². The Labute approximate surface area is 127 Å². The van der Waals surface area contributed by atoms with E-state index in [2.05, 4.69) is 41.4 Å². The van der Waals surface area contributed by atoms with E-state index in [0.29, 0.717) is 6.54 Å². The van der Waals surface area contributed by atoms with Crippen LogP contribution < -0.4 is 10.6 Å². The van der Waals surface area contributed by atoms with E-state index in [9.17, 15) is 5.11 Å². The maximum absolute atomic E-state index is 10.4. The molecule has 1 aromatic rings. The average Bonchev–Trinajstić information content (AvgIpc) is 2.83. The van der Waals surface area contributed by atoms with Crippen LogP contribution in [-0.4, -0.2) is 33.8 Å². The zero-order valence-electron chi connectivity index (χ0n) is 13.7. The molecule has 5 heteroatoms. The van der Waals surface area contributed by atoms with E-state index in [4.69, 9.17) is 0 Å². The van der Waals surface area contributed by atoms with Crippen LogP contribution in [0.5, 0.6) is 0 Å². The molecule has 0 unspecified atom stereocenters. The van der Waals surface area contributed by atoms with Crippen LogP contribution in [-0.2, 0) is 5.41 Å². The summed E-state index contributed by atoms with van der Waals surface area (Å²) in [5.74, 6) is 2.42. The Hall–Kier alpha value is -1.36. The molecule has 1 aliphatic carbocycles. The number of hydrogen-bond donors (Lipinski definition) is 3. The molecule has 0 atom stereocenters. The minimum atomic E-state index is -0.578. The van der Waals surface area contributed by atoms with E-state index >= 15 is 0 Å². The lowest BCUT2D eigenvalue weighted by Gasteiger charge is -2.24. The topological polar surface area (TPSA) is 70.1 Å². The lowest BCUT2D eigenvalue weighted by molar-refractivity contribution is 0.0614. The van der Waals surface area contributed by atoms with Crippen molar-refractivity contribution in [3.05, 3.63) is 11.9 Å². The van der Waals surface area contributed by atoms with Crippen LogP contribution in [0, 0.1) is 0 Å². The van der Waals surface area contributed by atoms with E-state index in [1.807, 2.05) is 13.0 Å². The van der Waals surface area contributed by atoms with Crippen LogP contribution in [0.4, 0.5) is 11.6 Å². The molecule has 0 aromatic carbocycles. The quantitative estimate of drug-likeness (QED) is 0.778. The van der Waals surface area contributed by atoms with Crippen molar-refractivity contribution in [1.29, 1.82) is 0 Å². The van der Waals surface area contributed by atoms with Crippen LogP contribution in [0.15, 0.2) is 6.07 Å². The Bertz CT molecular complexity index is 476. The lowest BCUT2D eigenvalue weighted by Crippen LogP contribution is -2.34. The maximum atomic E-state index is 10.4. The number of aliphatic hydroxyl groups is 1. The van der Waals surface area contributed by atoms with Crippen molar-refractivity contribution in [2.24, 2.45) is 0 Å². The Morgan fingerprint density at radius 3 is 2.24 bits per heavy atom. The van der Waals surface area contributed by atoms with Gasteiger partial charge in [-0.05, 0) is 19.8 Å². The number of hydrogen-bond acceptors (Lipinski definition) is 5. The first kappa shape index (κ1) is 16.0. The van der Waals surface area contributed by atoms with E-state index in [0.717, 1.165) is 49.7 Å². The van der Waals surface area contributed by atoms with Gasteiger partial charge in [-0.3, -0.25) is 0 Å². The van der Waals surface area contributed by atoms with Crippen LogP contribution in [0.25, 0.3) is 0 Å². The van der Waals surface area contributed by atoms with E-state index in [1.165, 1.54) is 0 Å². The summed E-state index contributed by atoms with van der Waals surface area (Å²) in [5.41, 5.74) is -0.683. The van der Waals surface area contributed by atoms with E-state index < -0.39 is 5.60 Å². The maximum Gasteiger partial charge on any atom is 0.138 e. The standard InChI is InChI=1S/C16H28N4O/c1-5-17-12-10-13(20-14(19-12)15(2,3)4)18-11-16(21)8-6-7-9-16/h10,21H,5-9,11H2,1-4H3,(H2,17,18,19,20). The van der Waals surface area contributed by atoms with Gasteiger partial charge in [-0.15, -0.1) is 0 Å². The fourth-order valence-corrected chi connectivity index (χ4v) is 2.61. The number of aromatic nitrogens is 2. The molecule has 3 N–H and O–H groups in total. The smallest absolute Gasteiger partial charge is 0.138 e. The Kier molecular flexibility index (Phi) is 4.71. The zero-order chi connectivity index (χ0) is 15.5. The highest BCUT2D eigenvalue weighted by atomic mass is 16.3. The van der Waals surface area contributed by atoms with Crippen LogP contribution in [0.2, 0.25) is 0 Å². The monoisotopic (exact) mass is 292 g/mol. The van der Waals surface area contributed by atoms with Crippen molar-refractivity contribution in [2.75, 3.05) is 23.7 Å². The normalized spacial score (nSPS) is 17.8. The number of rotatable bonds is 5. The SMILES string of the molecule is CCNc1cc(NCC2(O)CCCC2)nc(C(C)(C)C)n1. The molecule has 1 fully saturated rings. The summed E-state index contributed by atoms with van der Waals surface area (Å²) in [7, 11) is 0. The summed E-state index contributed by atoms with van der Waals surface area (Å²) >= 11 is 0. The third-order valence-electron chi connectivity index (χ3n) is 3.89. The fourth-order valence-electron chi connectivity index (χ4n) is 2.61. The summed E-state index contributed by atoms with van der Waals surface area (Å²) in [6, 6.07) is 1.91. The third kappa shape index (κ3) is 4.30. The molecular formula is C16H28N4O. The molecule has 2 rings (SSSR count). The van der Waals surface area contributed by atoms with Gasteiger partial charge < -0.3 is 15.7 Å². The summed E-state index contributed by atoms with van der Waals surface area (Å²) in [4.78, 5) is 9.17. The van der Waals surface area contributed by atoms with Crippen molar-refractivity contribution < 1.29 is 5.11 Å². The van der Waals surface area contributed by atoms with E-state index in [1.54, 1.807) is 0 Å². The first-order valence-electron chi connectivity index (χ1n) is 7.92. The second-order valence-electron chi connectivity index (χ2n) is 7.03. The van der Waals surface area contributed by atoms with Crippen molar-refractivity contribution in [1.82, 2.24) is 9.97 Å². The summed E-state index contributed by atoms with van der Waals surface area (Å²) in [5, 5.41) is 17.0. The molecule has 0 amide bonds. The summed E-state index contributed by atoms with van der Waals surface area (Å²) in [6.07, 6.45) is 3.96. The molecule has 1 saturated carbocycles.